The first-order chi connectivity index (χ1) is 9.56. The Kier molecular flexibility index (Phi) is 4.65. The van der Waals surface area contributed by atoms with Gasteiger partial charge in [0, 0.05) is 12.0 Å². The summed E-state index contributed by atoms with van der Waals surface area (Å²) < 4.78 is 0. The molecular weight excluding hydrogens is 297 g/mol. The van der Waals surface area contributed by atoms with Crippen LogP contribution in [0.1, 0.15) is 18.3 Å². The zero-order valence-corrected chi connectivity index (χ0v) is 12.7. The van der Waals surface area contributed by atoms with Crippen molar-refractivity contribution in [2.45, 2.75) is 20.3 Å². The average molecular weight is 312 g/mol. The van der Waals surface area contributed by atoms with Crippen LogP contribution in [0.2, 0.25) is 10.0 Å². The number of nitrogens with one attached hydrogen (secondary N) is 2. The zero-order valence-electron chi connectivity index (χ0n) is 11.2. The van der Waals surface area contributed by atoms with Crippen molar-refractivity contribution in [1.82, 2.24) is 9.97 Å². The second-order valence-electron chi connectivity index (χ2n) is 4.19. The summed E-state index contributed by atoms with van der Waals surface area (Å²) in [5.41, 5.74) is 4.06. The lowest BCUT2D eigenvalue weighted by Crippen LogP contribution is -2.14. The minimum absolute atomic E-state index is 0.451. The molecule has 0 saturated carbocycles. The van der Waals surface area contributed by atoms with Crippen molar-refractivity contribution in [3.63, 3.8) is 0 Å². The molecule has 1 aromatic heterocycles. The summed E-state index contributed by atoms with van der Waals surface area (Å²) >= 11 is 12.2. The van der Waals surface area contributed by atoms with Crippen LogP contribution in [0.4, 0.5) is 17.3 Å². The normalized spacial score (nSPS) is 10.4. The van der Waals surface area contributed by atoms with E-state index in [0.29, 0.717) is 39.6 Å². The van der Waals surface area contributed by atoms with E-state index in [1.807, 2.05) is 26.0 Å². The first-order valence-electron chi connectivity index (χ1n) is 6.12. The predicted molar refractivity (Wildman–Crippen MR) is 83.7 cm³/mol. The van der Waals surface area contributed by atoms with Crippen LogP contribution < -0.4 is 16.6 Å². The molecule has 0 fully saturated rings. The number of aromatic nitrogens is 2. The minimum atomic E-state index is 0.451. The van der Waals surface area contributed by atoms with Gasteiger partial charge in [0.2, 0.25) is 0 Å². The molecule has 0 spiro atoms. The van der Waals surface area contributed by atoms with Crippen LogP contribution in [0.25, 0.3) is 0 Å². The Labute approximate surface area is 127 Å². The number of hydrogen-bond acceptors (Lipinski definition) is 5. The van der Waals surface area contributed by atoms with Gasteiger partial charge in [-0.1, -0.05) is 36.2 Å². The number of nitrogens with two attached hydrogens (primary N) is 1. The van der Waals surface area contributed by atoms with Crippen LogP contribution in [0.3, 0.4) is 0 Å². The van der Waals surface area contributed by atoms with Crippen LogP contribution in [0.5, 0.6) is 0 Å². The molecule has 0 aliphatic heterocycles. The molecule has 20 heavy (non-hydrogen) atoms. The first kappa shape index (κ1) is 14.8. The van der Waals surface area contributed by atoms with E-state index in [1.165, 1.54) is 0 Å². The van der Waals surface area contributed by atoms with E-state index in [9.17, 15) is 0 Å². The van der Waals surface area contributed by atoms with E-state index >= 15 is 0 Å². The quantitative estimate of drug-likeness (QED) is 0.593. The fraction of sp³-hybridized carbons (Fsp3) is 0.231. The van der Waals surface area contributed by atoms with Crippen molar-refractivity contribution >= 4 is 40.5 Å². The highest BCUT2D eigenvalue weighted by molar-refractivity contribution is 6.43. The van der Waals surface area contributed by atoms with Gasteiger partial charge in [0.15, 0.2) is 0 Å². The average Bonchev–Trinajstić information content (AvgIpc) is 2.45. The third-order valence-electron chi connectivity index (χ3n) is 2.85. The van der Waals surface area contributed by atoms with Gasteiger partial charge in [-0.05, 0) is 19.1 Å². The fourth-order valence-corrected chi connectivity index (χ4v) is 2.06. The Morgan fingerprint density at radius 1 is 1.20 bits per heavy atom. The van der Waals surface area contributed by atoms with Crippen molar-refractivity contribution in [2.75, 3.05) is 10.7 Å². The highest BCUT2D eigenvalue weighted by Gasteiger charge is 2.12. The molecule has 0 bridgehead atoms. The predicted octanol–water partition coefficient (Wildman–Crippen LogP) is 3.68. The number of nitrogen functional groups attached to an aromatic ring is 1. The van der Waals surface area contributed by atoms with E-state index < -0.39 is 0 Å². The molecule has 4 N–H and O–H groups in total. The van der Waals surface area contributed by atoms with E-state index in [-0.39, 0.29) is 0 Å². The SMILES string of the molecule is CCc1nc(NN)c(C)c(Nc2cccc(Cl)c2Cl)n1. The lowest BCUT2D eigenvalue weighted by molar-refractivity contribution is 0.932. The lowest BCUT2D eigenvalue weighted by atomic mass is 10.2. The standard InChI is InChI=1S/C13H15Cl2N5/c1-3-10-18-12(7(2)13(19-10)20-16)17-9-6-4-5-8(14)11(9)15/h4-6H,3,16H2,1-2H3,(H2,17,18,19,20). The number of nitrogens with zero attached hydrogens (tertiary/aromatic N) is 2. The number of aryl methyl sites for hydroxylation is 1. The molecule has 0 atom stereocenters. The van der Waals surface area contributed by atoms with Gasteiger partial charge in [-0.3, -0.25) is 0 Å². The molecule has 5 nitrogen and oxygen atoms in total. The van der Waals surface area contributed by atoms with Crippen molar-refractivity contribution in [1.29, 1.82) is 0 Å². The maximum Gasteiger partial charge on any atom is 0.148 e. The van der Waals surface area contributed by atoms with Crippen molar-refractivity contribution in [2.24, 2.45) is 5.84 Å². The smallest absolute Gasteiger partial charge is 0.148 e. The van der Waals surface area contributed by atoms with Gasteiger partial charge >= 0.3 is 0 Å². The topological polar surface area (TPSA) is 75.9 Å². The molecule has 7 heteroatoms. The molecule has 0 aliphatic carbocycles. The lowest BCUT2D eigenvalue weighted by Gasteiger charge is -2.14. The van der Waals surface area contributed by atoms with Crippen LogP contribution in [-0.2, 0) is 6.42 Å². The molecule has 0 unspecified atom stereocenters. The molecule has 2 rings (SSSR count). The first-order valence-corrected chi connectivity index (χ1v) is 6.87. The summed E-state index contributed by atoms with van der Waals surface area (Å²) in [6.07, 6.45) is 0.701. The van der Waals surface area contributed by atoms with Gasteiger partial charge in [0.05, 0.1) is 15.7 Å². The maximum absolute atomic E-state index is 6.16. The monoisotopic (exact) mass is 311 g/mol. The number of rotatable bonds is 4. The van der Waals surface area contributed by atoms with E-state index in [4.69, 9.17) is 29.0 Å². The number of hydrazine groups is 1. The van der Waals surface area contributed by atoms with E-state index in [2.05, 4.69) is 20.7 Å². The molecule has 1 aromatic carbocycles. The summed E-state index contributed by atoms with van der Waals surface area (Å²) in [4.78, 5) is 8.75. The third-order valence-corrected chi connectivity index (χ3v) is 3.67. The van der Waals surface area contributed by atoms with Crippen LogP contribution in [0, 0.1) is 6.92 Å². The molecule has 1 heterocycles. The maximum atomic E-state index is 6.16. The van der Waals surface area contributed by atoms with Gasteiger partial charge in [0.25, 0.3) is 0 Å². The van der Waals surface area contributed by atoms with Crippen LogP contribution in [0.15, 0.2) is 18.2 Å². The summed E-state index contributed by atoms with van der Waals surface area (Å²) in [5, 5.41) is 4.10. The molecule has 0 radical (unpaired) electrons. The van der Waals surface area contributed by atoms with Crippen molar-refractivity contribution in [3.8, 4) is 0 Å². The van der Waals surface area contributed by atoms with Gasteiger partial charge < -0.3 is 10.7 Å². The summed E-state index contributed by atoms with van der Waals surface area (Å²) in [7, 11) is 0. The Morgan fingerprint density at radius 2 is 1.90 bits per heavy atom. The van der Waals surface area contributed by atoms with Gasteiger partial charge in [-0.15, -0.1) is 0 Å². The summed E-state index contributed by atoms with van der Waals surface area (Å²) in [6.45, 7) is 3.84. The Bertz CT molecular complexity index is 630. The highest BCUT2D eigenvalue weighted by atomic mass is 35.5. The minimum Gasteiger partial charge on any atom is -0.339 e. The Balaban J connectivity index is 2.45. The molecule has 0 saturated heterocycles. The third kappa shape index (κ3) is 2.95. The Morgan fingerprint density at radius 3 is 2.55 bits per heavy atom. The van der Waals surface area contributed by atoms with Crippen LogP contribution in [-0.4, -0.2) is 9.97 Å². The number of hydrogen-bond donors (Lipinski definition) is 3. The number of halogens is 2. The second kappa shape index (κ2) is 6.26. The molecule has 106 valence electrons. The number of benzene rings is 1. The van der Waals surface area contributed by atoms with Crippen LogP contribution >= 0.6 is 23.2 Å². The highest BCUT2D eigenvalue weighted by Crippen LogP contribution is 2.32. The Hall–Kier alpha value is -1.56. The molecule has 0 aliphatic rings. The van der Waals surface area contributed by atoms with Gasteiger partial charge in [-0.25, -0.2) is 15.8 Å². The van der Waals surface area contributed by atoms with Gasteiger partial charge in [-0.2, -0.15) is 0 Å². The largest absolute Gasteiger partial charge is 0.339 e. The molecule has 0 amide bonds. The van der Waals surface area contributed by atoms with Gasteiger partial charge in [0.1, 0.15) is 17.5 Å². The molecule has 2 aromatic rings. The zero-order chi connectivity index (χ0) is 14.7. The summed E-state index contributed by atoms with van der Waals surface area (Å²) in [6, 6.07) is 5.37. The van der Waals surface area contributed by atoms with Crippen molar-refractivity contribution in [3.05, 3.63) is 39.6 Å². The second-order valence-corrected chi connectivity index (χ2v) is 4.97. The van der Waals surface area contributed by atoms with E-state index in [1.54, 1.807) is 6.07 Å². The van der Waals surface area contributed by atoms with E-state index in [0.717, 1.165) is 5.56 Å². The molecular formula is C13H15Cl2N5. The van der Waals surface area contributed by atoms with Crippen molar-refractivity contribution < 1.29 is 0 Å². The summed E-state index contributed by atoms with van der Waals surface area (Å²) in [5.74, 6) is 7.39. The number of anilines is 3. The fourth-order valence-electron chi connectivity index (χ4n) is 1.71.